The molecular formula is C13H9Br2ClFN. The van der Waals surface area contributed by atoms with E-state index < -0.39 is 0 Å². The second-order valence-electron chi connectivity index (χ2n) is 3.69. The quantitative estimate of drug-likeness (QED) is 0.714. The van der Waals surface area contributed by atoms with Crippen molar-refractivity contribution < 1.29 is 4.39 Å². The lowest BCUT2D eigenvalue weighted by molar-refractivity contribution is 0.613. The maximum absolute atomic E-state index is 13.7. The second-order valence-corrected chi connectivity index (χ2v) is 5.87. The molecule has 0 aliphatic carbocycles. The van der Waals surface area contributed by atoms with Gasteiger partial charge < -0.3 is 5.32 Å². The molecule has 0 heterocycles. The van der Waals surface area contributed by atoms with Gasteiger partial charge in [-0.1, -0.05) is 39.7 Å². The minimum atomic E-state index is -0.377. The van der Waals surface area contributed by atoms with Gasteiger partial charge >= 0.3 is 0 Å². The summed E-state index contributed by atoms with van der Waals surface area (Å²) < 4.78 is 15.6. The summed E-state index contributed by atoms with van der Waals surface area (Å²) >= 11 is 12.6. The van der Waals surface area contributed by atoms with E-state index in [4.69, 9.17) is 11.6 Å². The second kappa shape index (κ2) is 6.04. The summed E-state index contributed by atoms with van der Waals surface area (Å²) in [6.45, 7) is 0.376. The van der Waals surface area contributed by atoms with Crippen LogP contribution in [0.4, 0.5) is 10.1 Å². The van der Waals surface area contributed by atoms with Crippen LogP contribution in [0.5, 0.6) is 0 Å². The molecule has 0 atom stereocenters. The van der Waals surface area contributed by atoms with Crippen molar-refractivity contribution in [3.05, 3.63) is 61.7 Å². The number of benzene rings is 2. The van der Waals surface area contributed by atoms with Gasteiger partial charge in [-0.2, -0.15) is 0 Å². The largest absolute Gasteiger partial charge is 0.380 e. The first kappa shape index (κ1) is 13.8. The van der Waals surface area contributed by atoms with E-state index in [1.807, 2.05) is 18.2 Å². The average molecular weight is 393 g/mol. The fraction of sp³-hybridized carbons (Fsp3) is 0.0769. The van der Waals surface area contributed by atoms with Crippen molar-refractivity contribution in [2.24, 2.45) is 0 Å². The Kier molecular flexibility index (Phi) is 4.65. The molecule has 0 amide bonds. The van der Waals surface area contributed by atoms with Gasteiger partial charge in [-0.3, -0.25) is 0 Å². The molecule has 2 rings (SSSR count). The normalized spacial score (nSPS) is 10.4. The Bertz CT molecular complexity index is 573. The number of nitrogens with one attached hydrogen (secondary N) is 1. The molecule has 0 radical (unpaired) electrons. The van der Waals surface area contributed by atoms with Crippen LogP contribution in [0.1, 0.15) is 5.56 Å². The van der Waals surface area contributed by atoms with Crippen molar-refractivity contribution in [3.8, 4) is 0 Å². The van der Waals surface area contributed by atoms with Gasteiger partial charge in [0.2, 0.25) is 0 Å². The van der Waals surface area contributed by atoms with E-state index >= 15 is 0 Å². The van der Waals surface area contributed by atoms with Crippen LogP contribution in [0.3, 0.4) is 0 Å². The van der Waals surface area contributed by atoms with Crippen molar-refractivity contribution in [1.82, 2.24) is 0 Å². The van der Waals surface area contributed by atoms with Gasteiger partial charge in [0.05, 0.1) is 5.02 Å². The van der Waals surface area contributed by atoms with Gasteiger partial charge in [0, 0.05) is 26.7 Å². The molecule has 1 N–H and O–H groups in total. The fourth-order valence-corrected chi connectivity index (χ4v) is 2.45. The molecule has 94 valence electrons. The first-order valence-corrected chi connectivity index (χ1v) is 7.16. The first-order valence-electron chi connectivity index (χ1n) is 5.20. The molecule has 2 aromatic carbocycles. The lowest BCUT2D eigenvalue weighted by atomic mass is 10.2. The predicted molar refractivity (Wildman–Crippen MR) is 80.6 cm³/mol. The summed E-state index contributed by atoms with van der Waals surface area (Å²) in [6, 6.07) is 10.7. The lowest BCUT2D eigenvalue weighted by Crippen LogP contribution is -2.02. The maximum Gasteiger partial charge on any atom is 0.146 e. The monoisotopic (exact) mass is 391 g/mol. The maximum atomic E-state index is 13.7. The van der Waals surface area contributed by atoms with Crippen molar-refractivity contribution in [1.29, 1.82) is 0 Å². The van der Waals surface area contributed by atoms with E-state index in [2.05, 4.69) is 37.2 Å². The summed E-state index contributed by atoms with van der Waals surface area (Å²) in [5, 5.41) is 3.30. The van der Waals surface area contributed by atoms with E-state index in [0.29, 0.717) is 12.1 Å². The molecule has 0 aliphatic heterocycles. The Morgan fingerprint density at radius 1 is 1.17 bits per heavy atom. The Balaban J connectivity index is 2.16. The smallest absolute Gasteiger partial charge is 0.146 e. The molecule has 5 heteroatoms. The van der Waals surface area contributed by atoms with Crippen LogP contribution in [0.15, 0.2) is 45.3 Å². The lowest BCUT2D eigenvalue weighted by Gasteiger charge is -2.10. The molecule has 0 aromatic heterocycles. The number of anilines is 1. The number of hydrogen-bond acceptors (Lipinski definition) is 1. The highest BCUT2D eigenvalue weighted by Crippen LogP contribution is 2.27. The molecule has 0 saturated heterocycles. The van der Waals surface area contributed by atoms with E-state index in [0.717, 1.165) is 14.6 Å². The third-order valence-corrected chi connectivity index (χ3v) is 3.91. The summed E-state index contributed by atoms with van der Waals surface area (Å²) in [6.07, 6.45) is 0. The van der Waals surface area contributed by atoms with Crippen molar-refractivity contribution >= 4 is 49.1 Å². The van der Waals surface area contributed by atoms with Gasteiger partial charge in [0.1, 0.15) is 5.82 Å². The Morgan fingerprint density at radius 3 is 2.72 bits per heavy atom. The molecule has 0 unspecified atom stereocenters. The summed E-state index contributed by atoms with van der Waals surface area (Å²) in [7, 11) is 0. The van der Waals surface area contributed by atoms with Crippen LogP contribution < -0.4 is 5.32 Å². The van der Waals surface area contributed by atoms with Crippen LogP contribution >= 0.6 is 43.5 Å². The number of rotatable bonds is 3. The third-order valence-electron chi connectivity index (χ3n) is 2.43. The minimum absolute atomic E-state index is 0.141. The van der Waals surface area contributed by atoms with Gasteiger partial charge in [-0.05, 0) is 40.2 Å². The van der Waals surface area contributed by atoms with Crippen LogP contribution in [0.25, 0.3) is 0 Å². The highest BCUT2D eigenvalue weighted by atomic mass is 79.9. The summed E-state index contributed by atoms with van der Waals surface area (Å²) in [5.74, 6) is -0.377. The standard InChI is InChI=1S/C13H9Br2ClFN/c14-9-4-5-10(15)12(6-9)18-7-8-2-1-3-11(16)13(8)17/h1-6,18H,7H2. The molecule has 2 aromatic rings. The molecular weight excluding hydrogens is 384 g/mol. The zero-order chi connectivity index (χ0) is 13.1. The number of hydrogen-bond donors (Lipinski definition) is 1. The molecule has 0 fully saturated rings. The molecule has 0 spiro atoms. The first-order chi connectivity index (χ1) is 8.58. The summed E-state index contributed by atoms with van der Waals surface area (Å²) in [4.78, 5) is 0. The van der Waals surface area contributed by atoms with Crippen molar-refractivity contribution in [2.45, 2.75) is 6.54 Å². The predicted octanol–water partition coefficient (Wildman–Crippen LogP) is 5.62. The van der Waals surface area contributed by atoms with Crippen LogP contribution in [0, 0.1) is 5.82 Å². The van der Waals surface area contributed by atoms with Gasteiger partial charge in [-0.25, -0.2) is 4.39 Å². The third kappa shape index (κ3) is 3.25. The zero-order valence-corrected chi connectivity index (χ0v) is 13.1. The minimum Gasteiger partial charge on any atom is -0.380 e. The Labute approximate surface area is 127 Å². The van der Waals surface area contributed by atoms with Crippen molar-refractivity contribution in [2.75, 3.05) is 5.32 Å². The molecule has 0 saturated carbocycles. The van der Waals surface area contributed by atoms with Crippen LogP contribution in [-0.4, -0.2) is 0 Å². The van der Waals surface area contributed by atoms with E-state index in [-0.39, 0.29) is 10.8 Å². The highest BCUT2D eigenvalue weighted by Gasteiger charge is 2.07. The van der Waals surface area contributed by atoms with E-state index in [1.54, 1.807) is 12.1 Å². The molecule has 0 aliphatic rings. The fourth-order valence-electron chi connectivity index (χ4n) is 1.51. The highest BCUT2D eigenvalue weighted by molar-refractivity contribution is 9.11. The Morgan fingerprint density at radius 2 is 1.94 bits per heavy atom. The average Bonchev–Trinajstić information content (AvgIpc) is 2.35. The summed E-state index contributed by atoms with van der Waals surface area (Å²) in [5.41, 5.74) is 1.43. The molecule has 18 heavy (non-hydrogen) atoms. The van der Waals surface area contributed by atoms with E-state index in [9.17, 15) is 4.39 Å². The SMILES string of the molecule is Fc1c(Cl)cccc1CNc1cc(Br)ccc1Br. The zero-order valence-electron chi connectivity index (χ0n) is 9.18. The van der Waals surface area contributed by atoms with Gasteiger partial charge in [-0.15, -0.1) is 0 Å². The van der Waals surface area contributed by atoms with E-state index in [1.165, 1.54) is 6.07 Å². The molecule has 0 bridgehead atoms. The topological polar surface area (TPSA) is 12.0 Å². The number of halogens is 4. The molecule has 1 nitrogen and oxygen atoms in total. The van der Waals surface area contributed by atoms with Crippen LogP contribution in [-0.2, 0) is 6.54 Å². The van der Waals surface area contributed by atoms with Gasteiger partial charge in [0.15, 0.2) is 0 Å². The van der Waals surface area contributed by atoms with Gasteiger partial charge in [0.25, 0.3) is 0 Å². The Hall–Kier alpha value is -0.580. The van der Waals surface area contributed by atoms with Crippen LogP contribution in [0.2, 0.25) is 5.02 Å². The van der Waals surface area contributed by atoms with Crippen molar-refractivity contribution in [3.63, 3.8) is 0 Å².